The standard InChI is InChI=1S/C18H24N6O2/c1-11-21-17(26)18(23-11)3-5-24(6-4-18)16-9-15(19-10-20-16)13-7-14(8-13)22-12(2)25/h9-10,13-14H,3-8H2,1-2H3,(H,22,25)(H,21,23,26). The monoisotopic (exact) mass is 356 g/mol. The molecule has 0 radical (unpaired) electrons. The second-order valence-electron chi connectivity index (χ2n) is 7.54. The number of rotatable bonds is 3. The Kier molecular flexibility index (Phi) is 4.13. The summed E-state index contributed by atoms with van der Waals surface area (Å²) >= 11 is 0. The number of hydrogen-bond donors (Lipinski definition) is 2. The van der Waals surface area contributed by atoms with Crippen molar-refractivity contribution in [1.29, 1.82) is 0 Å². The lowest BCUT2D eigenvalue weighted by Crippen LogP contribution is -2.49. The first-order valence-electron chi connectivity index (χ1n) is 9.17. The molecule has 1 aromatic rings. The first kappa shape index (κ1) is 16.9. The quantitative estimate of drug-likeness (QED) is 0.832. The fraction of sp³-hybridized carbons (Fsp3) is 0.611. The minimum atomic E-state index is -0.587. The van der Waals surface area contributed by atoms with E-state index in [1.165, 1.54) is 0 Å². The van der Waals surface area contributed by atoms with Crippen molar-refractivity contribution < 1.29 is 9.59 Å². The Hall–Kier alpha value is -2.51. The summed E-state index contributed by atoms with van der Waals surface area (Å²) in [6.45, 7) is 4.89. The van der Waals surface area contributed by atoms with Crippen molar-refractivity contribution in [3.8, 4) is 0 Å². The van der Waals surface area contributed by atoms with Crippen LogP contribution >= 0.6 is 0 Å². The average molecular weight is 356 g/mol. The molecule has 1 aliphatic carbocycles. The zero-order valence-corrected chi connectivity index (χ0v) is 15.2. The van der Waals surface area contributed by atoms with Crippen molar-refractivity contribution in [3.63, 3.8) is 0 Å². The van der Waals surface area contributed by atoms with Gasteiger partial charge in [-0.05, 0) is 32.6 Å². The first-order chi connectivity index (χ1) is 12.4. The molecule has 2 aliphatic heterocycles. The van der Waals surface area contributed by atoms with E-state index in [1.807, 2.05) is 6.92 Å². The molecule has 4 rings (SSSR count). The van der Waals surface area contributed by atoms with Gasteiger partial charge >= 0.3 is 0 Å². The largest absolute Gasteiger partial charge is 0.356 e. The van der Waals surface area contributed by atoms with Crippen molar-refractivity contribution in [2.75, 3.05) is 18.0 Å². The minimum Gasteiger partial charge on any atom is -0.356 e. The van der Waals surface area contributed by atoms with Gasteiger partial charge in [0, 0.05) is 43.7 Å². The van der Waals surface area contributed by atoms with Crippen molar-refractivity contribution in [3.05, 3.63) is 18.1 Å². The molecule has 2 N–H and O–H groups in total. The molecule has 0 aromatic carbocycles. The van der Waals surface area contributed by atoms with E-state index in [0.717, 1.165) is 37.4 Å². The topological polar surface area (TPSA) is 99.6 Å². The van der Waals surface area contributed by atoms with E-state index < -0.39 is 5.54 Å². The molecule has 0 unspecified atom stereocenters. The van der Waals surface area contributed by atoms with E-state index >= 15 is 0 Å². The van der Waals surface area contributed by atoms with E-state index in [1.54, 1.807) is 13.3 Å². The molecule has 3 heterocycles. The molecule has 0 bridgehead atoms. The zero-order chi connectivity index (χ0) is 18.3. The fourth-order valence-electron chi connectivity index (χ4n) is 4.15. The second-order valence-corrected chi connectivity index (χ2v) is 7.54. The summed E-state index contributed by atoms with van der Waals surface area (Å²) in [5.74, 6) is 2.04. The summed E-state index contributed by atoms with van der Waals surface area (Å²) in [4.78, 5) is 38.9. The third kappa shape index (κ3) is 3.04. The molecule has 0 atom stereocenters. The predicted octanol–water partition coefficient (Wildman–Crippen LogP) is 0.746. The molecule has 2 fully saturated rings. The average Bonchev–Trinajstić information content (AvgIpc) is 2.84. The van der Waals surface area contributed by atoms with Crippen molar-refractivity contribution in [2.45, 2.75) is 57.0 Å². The number of amidine groups is 1. The molecule has 2 amide bonds. The predicted molar refractivity (Wildman–Crippen MR) is 97.0 cm³/mol. The van der Waals surface area contributed by atoms with Crippen LogP contribution in [0.2, 0.25) is 0 Å². The highest BCUT2D eigenvalue weighted by Gasteiger charge is 2.45. The van der Waals surface area contributed by atoms with Crippen LogP contribution in [-0.4, -0.2) is 52.3 Å². The molecule has 1 saturated heterocycles. The number of carbonyl (C=O) groups is 2. The van der Waals surface area contributed by atoms with Crippen LogP contribution in [0, 0.1) is 0 Å². The maximum atomic E-state index is 12.2. The summed E-state index contributed by atoms with van der Waals surface area (Å²) in [6.07, 6.45) is 4.86. The summed E-state index contributed by atoms with van der Waals surface area (Å²) in [5, 5.41) is 5.78. The maximum absolute atomic E-state index is 12.2. The number of carbonyl (C=O) groups excluding carboxylic acids is 2. The van der Waals surface area contributed by atoms with Gasteiger partial charge in [0.1, 0.15) is 23.5 Å². The van der Waals surface area contributed by atoms with Gasteiger partial charge < -0.3 is 15.5 Å². The third-order valence-electron chi connectivity index (χ3n) is 5.65. The molecular weight excluding hydrogens is 332 g/mol. The number of aliphatic imine (C=N–C) groups is 1. The Labute approximate surface area is 152 Å². The molecule has 1 spiro atoms. The molecule has 26 heavy (non-hydrogen) atoms. The number of nitrogens with one attached hydrogen (secondary N) is 2. The lowest BCUT2D eigenvalue weighted by molar-refractivity contribution is -0.124. The second kappa shape index (κ2) is 6.34. The van der Waals surface area contributed by atoms with Crippen LogP contribution in [0.15, 0.2) is 17.4 Å². The van der Waals surface area contributed by atoms with Crippen LogP contribution in [0.1, 0.15) is 51.1 Å². The highest BCUT2D eigenvalue weighted by molar-refractivity contribution is 6.07. The highest BCUT2D eigenvalue weighted by atomic mass is 16.2. The third-order valence-corrected chi connectivity index (χ3v) is 5.65. The van der Waals surface area contributed by atoms with Crippen molar-refractivity contribution in [2.24, 2.45) is 4.99 Å². The lowest BCUT2D eigenvalue weighted by atomic mass is 9.78. The molecule has 8 nitrogen and oxygen atoms in total. The lowest BCUT2D eigenvalue weighted by Gasteiger charge is -2.37. The van der Waals surface area contributed by atoms with E-state index in [-0.39, 0.29) is 17.9 Å². The molecule has 1 saturated carbocycles. The van der Waals surface area contributed by atoms with Gasteiger partial charge in [0.05, 0.1) is 0 Å². The van der Waals surface area contributed by atoms with E-state index in [4.69, 9.17) is 0 Å². The normalized spacial score (nSPS) is 26.9. The van der Waals surface area contributed by atoms with E-state index in [0.29, 0.717) is 24.6 Å². The smallest absolute Gasteiger partial charge is 0.253 e. The van der Waals surface area contributed by atoms with Crippen LogP contribution in [0.3, 0.4) is 0 Å². The number of nitrogens with zero attached hydrogens (tertiary/aromatic N) is 4. The fourth-order valence-corrected chi connectivity index (χ4v) is 4.15. The Balaban J connectivity index is 1.39. The van der Waals surface area contributed by atoms with Gasteiger partial charge in [-0.25, -0.2) is 9.97 Å². The summed E-state index contributed by atoms with van der Waals surface area (Å²) in [6, 6.07) is 2.31. The van der Waals surface area contributed by atoms with Gasteiger partial charge in [-0.1, -0.05) is 0 Å². The first-order valence-corrected chi connectivity index (χ1v) is 9.17. The van der Waals surface area contributed by atoms with Crippen LogP contribution in [0.5, 0.6) is 0 Å². The zero-order valence-electron chi connectivity index (χ0n) is 15.2. The Morgan fingerprint density at radius 1 is 1.31 bits per heavy atom. The number of anilines is 1. The number of aromatic nitrogens is 2. The van der Waals surface area contributed by atoms with Crippen LogP contribution in [-0.2, 0) is 9.59 Å². The Morgan fingerprint density at radius 3 is 2.65 bits per heavy atom. The van der Waals surface area contributed by atoms with Crippen molar-refractivity contribution >= 4 is 23.5 Å². The summed E-state index contributed by atoms with van der Waals surface area (Å²) < 4.78 is 0. The van der Waals surface area contributed by atoms with Gasteiger partial charge in [-0.3, -0.25) is 14.6 Å². The molecule has 138 valence electrons. The molecule has 3 aliphatic rings. The number of amides is 2. The number of hydrogen-bond acceptors (Lipinski definition) is 6. The van der Waals surface area contributed by atoms with Gasteiger partial charge in [0.2, 0.25) is 5.91 Å². The molecule has 8 heteroatoms. The Bertz CT molecular complexity index is 763. The van der Waals surface area contributed by atoms with Gasteiger partial charge in [0.15, 0.2) is 0 Å². The van der Waals surface area contributed by atoms with Gasteiger partial charge in [-0.2, -0.15) is 0 Å². The van der Waals surface area contributed by atoms with E-state index in [9.17, 15) is 9.59 Å². The van der Waals surface area contributed by atoms with Gasteiger partial charge in [0.25, 0.3) is 5.91 Å². The van der Waals surface area contributed by atoms with Crippen LogP contribution < -0.4 is 15.5 Å². The minimum absolute atomic E-state index is 0.0212. The highest BCUT2D eigenvalue weighted by Crippen LogP contribution is 2.37. The van der Waals surface area contributed by atoms with Gasteiger partial charge in [-0.15, -0.1) is 0 Å². The molecular formula is C18H24N6O2. The van der Waals surface area contributed by atoms with Crippen LogP contribution in [0.4, 0.5) is 5.82 Å². The maximum Gasteiger partial charge on any atom is 0.253 e. The summed E-state index contributed by atoms with van der Waals surface area (Å²) in [5.41, 5.74) is 0.445. The molecule has 1 aromatic heterocycles. The van der Waals surface area contributed by atoms with Crippen molar-refractivity contribution in [1.82, 2.24) is 20.6 Å². The van der Waals surface area contributed by atoms with E-state index in [2.05, 4.69) is 36.6 Å². The number of piperidine rings is 1. The summed E-state index contributed by atoms with van der Waals surface area (Å²) in [7, 11) is 0. The van der Waals surface area contributed by atoms with Crippen LogP contribution in [0.25, 0.3) is 0 Å². The Morgan fingerprint density at radius 2 is 2.04 bits per heavy atom. The SMILES string of the molecule is CC(=O)NC1CC(c2cc(N3CCC4(CC3)N=C(C)NC4=O)ncn2)C1.